The average molecular weight is 431 g/mol. The molecule has 1 aromatic carbocycles. The fourth-order valence-corrected chi connectivity index (χ4v) is 4.24. The summed E-state index contributed by atoms with van der Waals surface area (Å²) in [5, 5.41) is 4.75. The van der Waals surface area contributed by atoms with E-state index < -0.39 is 0 Å². The van der Waals surface area contributed by atoms with Crippen LogP contribution >= 0.6 is 0 Å². The van der Waals surface area contributed by atoms with Crippen LogP contribution in [0.3, 0.4) is 0 Å². The summed E-state index contributed by atoms with van der Waals surface area (Å²) >= 11 is 0. The Kier molecular flexibility index (Phi) is 5.45. The maximum Gasteiger partial charge on any atom is 0.261 e. The fraction of sp³-hybridized carbons (Fsp3) is 0.333. The van der Waals surface area contributed by atoms with E-state index in [1.807, 2.05) is 31.4 Å². The van der Waals surface area contributed by atoms with Crippen molar-refractivity contribution in [2.24, 2.45) is 7.05 Å². The number of fused-ring (bicyclic) bond motifs is 1. The normalized spacial score (nSPS) is 16.6. The molecule has 1 aliphatic rings. The Morgan fingerprint density at radius 3 is 2.78 bits per heavy atom. The summed E-state index contributed by atoms with van der Waals surface area (Å²) in [6.45, 7) is 4.84. The van der Waals surface area contributed by atoms with E-state index in [-0.39, 0.29) is 5.56 Å². The number of ether oxygens (including phenoxy) is 1. The van der Waals surface area contributed by atoms with Gasteiger partial charge in [0.25, 0.3) is 5.56 Å². The second-order valence-corrected chi connectivity index (χ2v) is 8.33. The molecule has 1 saturated heterocycles. The Morgan fingerprint density at radius 1 is 1.12 bits per heavy atom. The van der Waals surface area contributed by atoms with Crippen LogP contribution < -0.4 is 10.3 Å². The van der Waals surface area contributed by atoms with E-state index in [1.54, 1.807) is 40.1 Å². The van der Waals surface area contributed by atoms with Crippen LogP contribution in [0.2, 0.25) is 0 Å². The van der Waals surface area contributed by atoms with Gasteiger partial charge in [-0.25, -0.2) is 4.98 Å². The summed E-state index contributed by atoms with van der Waals surface area (Å²) in [5.74, 6) is 1.23. The van der Waals surface area contributed by atoms with Crippen LogP contribution in [0.25, 0.3) is 22.2 Å². The highest BCUT2D eigenvalue weighted by Crippen LogP contribution is 2.26. The van der Waals surface area contributed by atoms with Gasteiger partial charge in [0.2, 0.25) is 0 Å². The average Bonchev–Trinajstić information content (AvgIpc) is 3.42. The number of hydrogen-bond acceptors (Lipinski definition) is 6. The van der Waals surface area contributed by atoms with Crippen molar-refractivity contribution < 1.29 is 4.74 Å². The minimum absolute atomic E-state index is 0.0434. The summed E-state index contributed by atoms with van der Waals surface area (Å²) < 4.78 is 9.49. The van der Waals surface area contributed by atoms with E-state index in [0.717, 1.165) is 24.3 Å². The highest BCUT2D eigenvalue weighted by molar-refractivity contribution is 5.79. The molecule has 0 aliphatic carbocycles. The van der Waals surface area contributed by atoms with Crippen molar-refractivity contribution in [2.45, 2.75) is 32.4 Å². The highest BCUT2D eigenvalue weighted by atomic mass is 16.5. The van der Waals surface area contributed by atoms with Gasteiger partial charge >= 0.3 is 0 Å². The molecule has 3 aromatic heterocycles. The van der Waals surface area contributed by atoms with Gasteiger partial charge in [-0.05, 0) is 50.6 Å². The fourth-order valence-electron chi connectivity index (χ4n) is 4.24. The maximum atomic E-state index is 13.1. The van der Waals surface area contributed by atoms with Crippen molar-refractivity contribution in [1.29, 1.82) is 0 Å². The number of aryl methyl sites for hydroxylation is 1. The first-order valence-corrected chi connectivity index (χ1v) is 10.9. The van der Waals surface area contributed by atoms with Crippen LogP contribution in [0.5, 0.6) is 11.5 Å². The lowest BCUT2D eigenvalue weighted by molar-refractivity contribution is 0.256. The van der Waals surface area contributed by atoms with Crippen molar-refractivity contribution in [1.82, 2.24) is 29.2 Å². The molecule has 1 atom stereocenters. The lowest BCUT2D eigenvalue weighted by atomic mass is 10.2. The number of hydrogen-bond donors (Lipinski definition) is 0. The van der Waals surface area contributed by atoms with E-state index in [4.69, 9.17) is 4.74 Å². The number of benzene rings is 1. The first-order valence-electron chi connectivity index (χ1n) is 10.9. The quantitative estimate of drug-likeness (QED) is 0.466. The number of nitrogens with zero attached hydrogens (tertiary/aromatic N) is 6. The van der Waals surface area contributed by atoms with Crippen molar-refractivity contribution in [3.05, 3.63) is 65.6 Å². The van der Waals surface area contributed by atoms with Crippen LogP contribution in [0.4, 0.5) is 0 Å². The minimum Gasteiger partial charge on any atom is -0.457 e. The Bertz CT molecular complexity index is 1310. The summed E-state index contributed by atoms with van der Waals surface area (Å²) in [4.78, 5) is 24.4. The summed E-state index contributed by atoms with van der Waals surface area (Å²) in [5.41, 5.74) is 2.31. The Balaban J connectivity index is 1.38. The molecule has 0 unspecified atom stereocenters. The van der Waals surface area contributed by atoms with E-state index in [9.17, 15) is 4.79 Å². The molecule has 0 radical (unpaired) electrons. The minimum atomic E-state index is -0.0434. The van der Waals surface area contributed by atoms with Gasteiger partial charge in [-0.15, -0.1) is 0 Å². The molecule has 0 saturated carbocycles. The molecule has 0 N–H and O–H groups in total. The molecule has 5 rings (SSSR count). The number of rotatable bonds is 6. The zero-order valence-corrected chi connectivity index (χ0v) is 18.3. The molecule has 0 amide bonds. The molecule has 4 aromatic rings. The Morgan fingerprint density at radius 2 is 2.00 bits per heavy atom. The summed E-state index contributed by atoms with van der Waals surface area (Å²) in [6, 6.07) is 9.65. The topological polar surface area (TPSA) is 78.1 Å². The third-order valence-electron chi connectivity index (χ3n) is 6.08. The van der Waals surface area contributed by atoms with Gasteiger partial charge in [0.15, 0.2) is 0 Å². The molecular formula is C24H26N6O2. The predicted octanol–water partition coefficient (Wildman–Crippen LogP) is 3.47. The molecular weight excluding hydrogens is 404 g/mol. The molecule has 1 aliphatic heterocycles. The number of aromatic nitrogens is 5. The van der Waals surface area contributed by atoms with Crippen molar-refractivity contribution in [2.75, 3.05) is 13.1 Å². The van der Waals surface area contributed by atoms with Crippen LogP contribution in [-0.4, -0.2) is 48.3 Å². The van der Waals surface area contributed by atoms with Gasteiger partial charge in [0.1, 0.15) is 11.5 Å². The van der Waals surface area contributed by atoms with E-state index in [1.165, 1.54) is 12.8 Å². The van der Waals surface area contributed by atoms with E-state index >= 15 is 0 Å². The van der Waals surface area contributed by atoms with Gasteiger partial charge < -0.3 is 4.74 Å². The molecule has 0 bridgehead atoms. The standard InChI is InChI=1S/C24H26N6O2/c1-17-4-3-9-29(17)10-11-30-16-26-22-6-5-19(12-21(22)24(30)31)32-20-7-8-25-23(13-20)18-14-27-28(2)15-18/h5-8,12-17H,3-4,9-11H2,1-2H3/t17-/m1/s1. The third kappa shape index (κ3) is 4.13. The van der Waals surface area contributed by atoms with Crippen LogP contribution in [0, 0.1) is 0 Å². The van der Waals surface area contributed by atoms with Crippen LogP contribution in [0.15, 0.2) is 60.0 Å². The van der Waals surface area contributed by atoms with Crippen molar-refractivity contribution >= 4 is 10.9 Å². The third-order valence-corrected chi connectivity index (χ3v) is 6.08. The Labute approximate surface area is 186 Å². The summed E-state index contributed by atoms with van der Waals surface area (Å²) in [6.07, 6.45) is 9.47. The lowest BCUT2D eigenvalue weighted by Gasteiger charge is -2.21. The first kappa shape index (κ1) is 20.4. The Hall–Kier alpha value is -3.52. The molecule has 1 fully saturated rings. The zero-order valence-electron chi connectivity index (χ0n) is 18.3. The molecule has 4 heterocycles. The van der Waals surface area contributed by atoms with Gasteiger partial charge in [0, 0.05) is 50.2 Å². The van der Waals surface area contributed by atoms with Crippen molar-refractivity contribution in [3.63, 3.8) is 0 Å². The maximum absolute atomic E-state index is 13.1. The van der Waals surface area contributed by atoms with Crippen LogP contribution in [0.1, 0.15) is 19.8 Å². The van der Waals surface area contributed by atoms with Gasteiger partial charge in [-0.3, -0.25) is 23.9 Å². The van der Waals surface area contributed by atoms with Gasteiger partial charge in [0.05, 0.1) is 29.1 Å². The van der Waals surface area contributed by atoms with Crippen LogP contribution in [-0.2, 0) is 13.6 Å². The SMILES string of the molecule is C[C@@H]1CCCN1CCn1cnc2ccc(Oc3ccnc(-c4cnn(C)c4)c3)cc2c1=O. The molecule has 0 spiro atoms. The smallest absolute Gasteiger partial charge is 0.261 e. The lowest BCUT2D eigenvalue weighted by Crippen LogP contribution is -2.33. The summed E-state index contributed by atoms with van der Waals surface area (Å²) in [7, 11) is 1.87. The number of likely N-dealkylation sites (tertiary alicyclic amines) is 1. The van der Waals surface area contributed by atoms with E-state index in [0.29, 0.717) is 35.0 Å². The number of pyridine rings is 1. The molecule has 8 nitrogen and oxygen atoms in total. The first-order chi connectivity index (χ1) is 15.6. The largest absolute Gasteiger partial charge is 0.457 e. The predicted molar refractivity (Wildman–Crippen MR) is 123 cm³/mol. The van der Waals surface area contributed by atoms with Gasteiger partial charge in [-0.1, -0.05) is 0 Å². The monoisotopic (exact) mass is 430 g/mol. The molecule has 32 heavy (non-hydrogen) atoms. The molecule has 164 valence electrons. The zero-order chi connectivity index (χ0) is 22.1. The van der Waals surface area contributed by atoms with Gasteiger partial charge in [-0.2, -0.15) is 5.10 Å². The second-order valence-electron chi connectivity index (χ2n) is 8.33. The van der Waals surface area contributed by atoms with E-state index in [2.05, 4.69) is 26.9 Å². The highest BCUT2D eigenvalue weighted by Gasteiger charge is 2.19. The van der Waals surface area contributed by atoms with Crippen molar-refractivity contribution in [3.8, 4) is 22.8 Å². The molecule has 8 heteroatoms. The second kappa shape index (κ2) is 8.55.